The van der Waals surface area contributed by atoms with Crippen LogP contribution in [0.3, 0.4) is 0 Å². The molecule has 0 radical (unpaired) electrons. The summed E-state index contributed by atoms with van der Waals surface area (Å²) in [5.74, 6) is 0.234. The Morgan fingerprint density at radius 3 is 2.77 bits per heavy atom. The van der Waals surface area contributed by atoms with Crippen LogP contribution in [-0.4, -0.2) is 20.4 Å². The van der Waals surface area contributed by atoms with E-state index in [0.29, 0.717) is 16.9 Å². The molecular weight excluding hydrogens is 395 g/mol. The second kappa shape index (κ2) is 8.13. The molecule has 9 heteroatoms. The molecule has 3 heterocycles. The van der Waals surface area contributed by atoms with E-state index in [4.69, 9.17) is 12.6 Å². The van der Waals surface area contributed by atoms with Crippen LogP contribution in [0.25, 0.3) is 16.0 Å². The van der Waals surface area contributed by atoms with Gasteiger partial charge in [-0.3, -0.25) is 14.2 Å². The fraction of sp³-hybridized carbons (Fsp3) is 0.294. The topological polar surface area (TPSA) is 76.9 Å². The van der Waals surface area contributed by atoms with E-state index in [2.05, 4.69) is 15.3 Å². The van der Waals surface area contributed by atoms with Crippen LogP contribution in [0.5, 0.6) is 0 Å². The summed E-state index contributed by atoms with van der Waals surface area (Å²) in [6.07, 6.45) is 5.67. The van der Waals surface area contributed by atoms with Crippen LogP contribution in [-0.2, 0) is 30.3 Å². The van der Waals surface area contributed by atoms with Gasteiger partial charge in [-0.2, -0.15) is 0 Å². The predicted octanol–water partition coefficient (Wildman–Crippen LogP) is -0.411. The van der Waals surface area contributed by atoms with Crippen LogP contribution >= 0.6 is 11.3 Å². The van der Waals surface area contributed by atoms with Crippen molar-refractivity contribution in [2.24, 2.45) is 0 Å². The zero-order valence-corrected chi connectivity index (χ0v) is 19.3. The summed E-state index contributed by atoms with van der Waals surface area (Å²) in [4.78, 5) is 34.9. The molecule has 6 nitrogen and oxygen atoms in total. The van der Waals surface area contributed by atoms with E-state index < -0.39 is 0 Å². The normalized spacial score (nSPS) is 13.1. The van der Waals surface area contributed by atoms with Gasteiger partial charge in [0.15, 0.2) is 0 Å². The molecule has 1 amide bonds. The summed E-state index contributed by atoms with van der Waals surface area (Å²) >= 11 is 6.92. The number of carbonyl (C=O) groups excluding carboxylic acids is 1. The number of aryl methyl sites for hydroxylation is 2. The van der Waals surface area contributed by atoms with Gasteiger partial charge in [0.2, 0.25) is 5.91 Å². The summed E-state index contributed by atoms with van der Waals surface area (Å²) in [6.45, 7) is 1.43. The molecule has 0 saturated heterocycles. The number of amides is 1. The Morgan fingerprint density at radius 2 is 2.08 bits per heavy atom. The van der Waals surface area contributed by atoms with Crippen molar-refractivity contribution in [3.8, 4) is 5.82 Å². The van der Waals surface area contributed by atoms with Gasteiger partial charge in [0.1, 0.15) is 10.6 Å². The molecule has 0 spiro atoms. The average molecular weight is 411 g/mol. The van der Waals surface area contributed by atoms with Gasteiger partial charge < -0.3 is 17.9 Å². The molecule has 0 aliphatic heterocycles. The zero-order chi connectivity index (χ0) is 17.6. The number of rotatable bonds is 2. The number of fused-ring (bicyclic) bond motifs is 3. The number of aromatic nitrogens is 3. The Hall–Kier alpha value is -0.684. The molecule has 26 heavy (non-hydrogen) atoms. The zero-order valence-electron chi connectivity index (χ0n) is 14.5. The first kappa shape index (κ1) is 20.1. The molecule has 1 N–H and O–H groups in total. The van der Waals surface area contributed by atoms with Crippen LogP contribution in [0.1, 0.15) is 30.2 Å². The third-order valence-electron chi connectivity index (χ3n) is 4.26. The average Bonchev–Trinajstić information content (AvgIpc) is 2.94. The van der Waals surface area contributed by atoms with E-state index >= 15 is 0 Å². The summed E-state index contributed by atoms with van der Waals surface area (Å²) in [7, 11) is 0. The Labute approximate surface area is 202 Å². The van der Waals surface area contributed by atoms with Gasteiger partial charge in [-0.05, 0) is 48.5 Å². The Balaban J connectivity index is 0.00000196. The number of hydrogen-bond acceptors (Lipinski definition) is 6. The number of pyridine rings is 1. The first-order valence-corrected chi connectivity index (χ1v) is 9.25. The van der Waals surface area contributed by atoms with Crippen molar-refractivity contribution in [1.29, 1.82) is 0 Å². The van der Waals surface area contributed by atoms with Crippen LogP contribution in [0, 0.1) is 0 Å². The fourth-order valence-electron chi connectivity index (χ4n) is 3.18. The van der Waals surface area contributed by atoms with E-state index in [-0.39, 0.29) is 68.0 Å². The smallest absolute Gasteiger partial charge is 0.742 e. The van der Waals surface area contributed by atoms with Gasteiger partial charge >= 0.3 is 51.4 Å². The minimum absolute atomic E-state index is 0. The van der Waals surface area contributed by atoms with Gasteiger partial charge in [0.05, 0.1) is 17.3 Å². The van der Waals surface area contributed by atoms with Crippen molar-refractivity contribution in [2.45, 2.75) is 37.8 Å². The fourth-order valence-corrected chi connectivity index (χ4v) is 4.76. The van der Waals surface area contributed by atoms with E-state index in [1.54, 1.807) is 23.5 Å². The first-order valence-electron chi connectivity index (χ1n) is 8.03. The van der Waals surface area contributed by atoms with Crippen LogP contribution in [0.2, 0.25) is 0 Å². The predicted molar refractivity (Wildman–Crippen MR) is 99.6 cm³/mol. The Morgan fingerprint density at radius 1 is 1.31 bits per heavy atom. The quantitative estimate of drug-likeness (QED) is 0.353. The monoisotopic (exact) mass is 410 g/mol. The van der Waals surface area contributed by atoms with E-state index in [1.165, 1.54) is 22.6 Å². The molecule has 0 bridgehead atoms. The standard InChI is InChI=1S/C17H16N4O2S2.K/c1-9(22)19-10-6-7-13(18-8-10)21-16(23)14-11-4-2-3-5-12(11)25-15(14)20-17(21)24;/h6-8H,2-5H2,1H3,(H,19,22)(H,20,24);/q;+1/p-1. The summed E-state index contributed by atoms with van der Waals surface area (Å²) in [5, 5.41) is 3.54. The molecule has 3 aromatic rings. The minimum atomic E-state index is -0.177. The van der Waals surface area contributed by atoms with Gasteiger partial charge in [-0.15, -0.1) is 11.3 Å². The van der Waals surface area contributed by atoms with Crippen molar-refractivity contribution in [1.82, 2.24) is 14.5 Å². The van der Waals surface area contributed by atoms with Gasteiger partial charge in [-0.1, -0.05) is 0 Å². The molecule has 128 valence electrons. The van der Waals surface area contributed by atoms with E-state index in [1.807, 2.05) is 0 Å². The Bertz CT molecular complexity index is 1040. The molecule has 3 aromatic heterocycles. The van der Waals surface area contributed by atoms with Gasteiger partial charge in [0.25, 0.3) is 5.56 Å². The maximum Gasteiger partial charge on any atom is 1.00 e. The van der Waals surface area contributed by atoms with Crippen molar-refractivity contribution in [2.75, 3.05) is 5.32 Å². The van der Waals surface area contributed by atoms with Gasteiger partial charge in [0, 0.05) is 11.8 Å². The number of nitrogens with one attached hydrogen (secondary N) is 1. The van der Waals surface area contributed by atoms with Crippen LogP contribution < -0.4 is 62.3 Å². The maximum absolute atomic E-state index is 13.1. The molecule has 1 aliphatic carbocycles. The summed E-state index contributed by atoms with van der Waals surface area (Å²) < 4.78 is 1.37. The van der Waals surface area contributed by atoms with Crippen LogP contribution in [0.15, 0.2) is 28.3 Å². The second-order valence-electron chi connectivity index (χ2n) is 6.01. The Kier molecular flexibility index (Phi) is 6.28. The van der Waals surface area contributed by atoms with Crippen molar-refractivity contribution in [3.63, 3.8) is 0 Å². The van der Waals surface area contributed by atoms with Crippen LogP contribution in [0.4, 0.5) is 5.69 Å². The maximum atomic E-state index is 13.1. The SMILES string of the molecule is CC(=O)Nc1ccc(-n2c([S-])nc3sc4c(c3c2=O)CCCC4)nc1.[K+]. The van der Waals surface area contributed by atoms with E-state index in [0.717, 1.165) is 36.1 Å². The number of nitrogens with zero attached hydrogens (tertiary/aromatic N) is 3. The number of hydrogen-bond donors (Lipinski definition) is 1. The molecule has 1 aliphatic rings. The third-order valence-corrected chi connectivity index (χ3v) is 5.72. The van der Waals surface area contributed by atoms with Gasteiger partial charge in [-0.25, -0.2) is 9.97 Å². The molecule has 4 rings (SSSR count). The second-order valence-corrected chi connectivity index (χ2v) is 7.46. The van der Waals surface area contributed by atoms with Crippen molar-refractivity contribution >= 4 is 45.8 Å². The van der Waals surface area contributed by atoms with Crippen molar-refractivity contribution < 1.29 is 56.2 Å². The summed E-state index contributed by atoms with van der Waals surface area (Å²) in [6, 6.07) is 3.35. The third kappa shape index (κ3) is 3.66. The van der Waals surface area contributed by atoms with E-state index in [9.17, 15) is 9.59 Å². The molecule has 0 aromatic carbocycles. The van der Waals surface area contributed by atoms with Crippen molar-refractivity contribution in [3.05, 3.63) is 39.1 Å². The molecule has 0 saturated carbocycles. The summed E-state index contributed by atoms with van der Waals surface area (Å²) in [5.41, 5.74) is 1.54. The number of anilines is 1. The number of thiophene rings is 1. The minimum Gasteiger partial charge on any atom is -0.742 e. The molecular formula is C17H15KN4O2S2. The molecule has 0 unspecified atom stereocenters. The first-order chi connectivity index (χ1) is 12.0. The largest absolute Gasteiger partial charge is 1.00 e. The number of carbonyl (C=O) groups is 1. The molecule has 0 atom stereocenters. The molecule has 0 fully saturated rings.